The molecule has 0 radical (unpaired) electrons. The fraction of sp³-hybridized carbons (Fsp3) is 0.0952. The Hall–Kier alpha value is -4.68. The number of halogens is 2. The summed E-state index contributed by atoms with van der Waals surface area (Å²) in [4.78, 5) is 2.37. The van der Waals surface area contributed by atoms with Crippen molar-refractivity contribution in [2.45, 2.75) is 26.2 Å². The van der Waals surface area contributed by atoms with Crippen molar-refractivity contribution < 1.29 is 4.42 Å². The van der Waals surface area contributed by atoms with Gasteiger partial charge in [0.15, 0.2) is 0 Å². The first kappa shape index (κ1) is 28.2. The molecule has 0 amide bonds. The quantitative estimate of drug-likeness (QED) is 0.160. The molecule has 6 aromatic carbocycles. The van der Waals surface area contributed by atoms with Crippen LogP contribution in [-0.4, -0.2) is 11.3 Å². The van der Waals surface area contributed by atoms with Gasteiger partial charge in [-0.1, -0.05) is 98.6 Å². The first-order valence-corrected chi connectivity index (χ1v) is 18.2. The van der Waals surface area contributed by atoms with Crippen LogP contribution in [0.1, 0.15) is 26.3 Å². The SMILES string of the molecule is CC(C)(C)c1cc2c3c(c1)c1sc4ccccc4c1n3-c1cc(Cl)cc3c1B2c1ccc(Cl)cc1N3c1cccc2oc3ccccc3c12. The van der Waals surface area contributed by atoms with Crippen molar-refractivity contribution >= 4 is 128 Å². The monoisotopic (exact) mass is 688 g/mol. The third-order valence-corrected chi connectivity index (χ3v) is 12.3. The van der Waals surface area contributed by atoms with E-state index < -0.39 is 0 Å². The summed E-state index contributed by atoms with van der Waals surface area (Å²) in [5, 5.41) is 6.10. The Morgan fingerprint density at radius 3 is 2.24 bits per heavy atom. The van der Waals surface area contributed by atoms with Gasteiger partial charge >= 0.3 is 0 Å². The van der Waals surface area contributed by atoms with Crippen LogP contribution in [0.3, 0.4) is 0 Å². The first-order chi connectivity index (χ1) is 23.8. The van der Waals surface area contributed by atoms with Crippen molar-refractivity contribution in [3.8, 4) is 5.69 Å². The predicted octanol–water partition coefficient (Wildman–Crippen LogP) is 11.1. The Morgan fingerprint density at radius 1 is 0.633 bits per heavy atom. The summed E-state index contributed by atoms with van der Waals surface area (Å²) in [6.07, 6.45) is 0. The lowest BCUT2D eigenvalue weighted by Gasteiger charge is -2.41. The van der Waals surface area contributed by atoms with Crippen molar-refractivity contribution in [1.82, 2.24) is 4.57 Å². The smallest absolute Gasteiger partial charge is 0.252 e. The molecule has 0 spiro atoms. The summed E-state index contributed by atoms with van der Waals surface area (Å²) in [6.45, 7) is 6.93. The zero-order chi connectivity index (χ0) is 32.9. The molecule has 7 heteroatoms. The molecule has 2 aliphatic rings. The molecular formula is C42H27BCl2N2OS. The summed E-state index contributed by atoms with van der Waals surface area (Å²) >= 11 is 16.0. The van der Waals surface area contributed by atoms with Crippen LogP contribution in [0.25, 0.3) is 58.8 Å². The minimum atomic E-state index is -0.0413. The number of anilines is 3. The van der Waals surface area contributed by atoms with Gasteiger partial charge in [0.25, 0.3) is 6.71 Å². The molecule has 3 aromatic heterocycles. The van der Waals surface area contributed by atoms with Gasteiger partial charge in [0.1, 0.15) is 11.2 Å². The molecule has 2 aliphatic heterocycles. The van der Waals surface area contributed by atoms with E-state index in [4.69, 9.17) is 27.6 Å². The lowest BCUT2D eigenvalue weighted by Crippen LogP contribution is -2.60. The molecule has 0 N–H and O–H groups in total. The van der Waals surface area contributed by atoms with Crippen LogP contribution >= 0.6 is 34.5 Å². The molecular weight excluding hydrogens is 662 g/mol. The fourth-order valence-corrected chi connectivity index (χ4v) is 10.1. The fourth-order valence-electron chi connectivity index (χ4n) is 8.54. The molecule has 0 saturated heterocycles. The van der Waals surface area contributed by atoms with E-state index in [1.54, 1.807) is 0 Å². The van der Waals surface area contributed by atoms with E-state index in [-0.39, 0.29) is 12.1 Å². The molecule has 49 heavy (non-hydrogen) atoms. The number of rotatable bonds is 1. The van der Waals surface area contributed by atoms with Gasteiger partial charge in [-0.25, -0.2) is 0 Å². The Balaban J connectivity index is 1.34. The minimum absolute atomic E-state index is 0.0151. The molecule has 234 valence electrons. The van der Waals surface area contributed by atoms with Gasteiger partial charge in [0.2, 0.25) is 0 Å². The number of furan rings is 1. The largest absolute Gasteiger partial charge is 0.456 e. The summed E-state index contributed by atoms with van der Waals surface area (Å²) in [6, 6.07) is 39.0. The number of fused-ring (bicyclic) bond motifs is 12. The van der Waals surface area contributed by atoms with Crippen LogP contribution < -0.4 is 21.3 Å². The number of nitrogens with zero attached hydrogens (tertiary/aromatic N) is 2. The number of hydrogen-bond donors (Lipinski definition) is 0. The van der Waals surface area contributed by atoms with Crippen molar-refractivity contribution in [1.29, 1.82) is 0 Å². The second kappa shape index (κ2) is 9.51. The normalized spacial score (nSPS) is 13.7. The van der Waals surface area contributed by atoms with E-state index >= 15 is 0 Å². The highest BCUT2D eigenvalue weighted by molar-refractivity contribution is 7.26. The molecule has 5 heterocycles. The van der Waals surface area contributed by atoms with E-state index in [1.165, 1.54) is 53.2 Å². The topological polar surface area (TPSA) is 21.3 Å². The number of benzene rings is 6. The standard InChI is InChI=1S/C42H27BCl2N2OS/c1-42(2,3)22-17-27-39-29(18-22)43-28-16-15-23(44)19-31(28)46(30-11-8-13-35-37(30)25-9-4-6-12-34(25)48-35)32-20-24(45)21-33(38(32)43)47(39)40-26-10-5-7-14-36(26)49-41(27)40/h4-21H,1-3H3. The van der Waals surface area contributed by atoms with E-state index in [9.17, 15) is 0 Å². The lowest BCUT2D eigenvalue weighted by atomic mass is 9.33. The maximum atomic E-state index is 7.21. The molecule has 0 aliphatic carbocycles. The third-order valence-electron chi connectivity index (χ3n) is 10.6. The summed E-state index contributed by atoms with van der Waals surface area (Å²) in [5.41, 5.74) is 13.6. The molecule has 9 aromatic rings. The zero-order valence-corrected chi connectivity index (χ0v) is 29.3. The van der Waals surface area contributed by atoms with Gasteiger partial charge in [0.05, 0.1) is 26.8 Å². The highest BCUT2D eigenvalue weighted by Crippen LogP contribution is 2.49. The van der Waals surface area contributed by atoms with Crippen molar-refractivity contribution in [2.75, 3.05) is 4.90 Å². The lowest BCUT2D eigenvalue weighted by molar-refractivity contribution is 0.591. The molecule has 0 unspecified atom stereocenters. The number of para-hydroxylation sites is 1. The van der Waals surface area contributed by atoms with Gasteiger partial charge in [-0.05, 0) is 82.0 Å². The first-order valence-electron chi connectivity index (χ1n) is 16.6. The second-order valence-corrected chi connectivity index (χ2v) is 16.3. The van der Waals surface area contributed by atoms with Crippen LogP contribution in [0.15, 0.2) is 114 Å². The van der Waals surface area contributed by atoms with Crippen molar-refractivity contribution in [2.24, 2.45) is 0 Å². The van der Waals surface area contributed by atoms with Crippen LogP contribution in [0, 0.1) is 0 Å². The van der Waals surface area contributed by atoms with E-state index in [2.05, 4.69) is 121 Å². The molecule has 0 saturated carbocycles. The van der Waals surface area contributed by atoms with E-state index in [0.29, 0.717) is 10.0 Å². The molecule has 11 rings (SSSR count). The van der Waals surface area contributed by atoms with Crippen LogP contribution in [0.4, 0.5) is 17.1 Å². The summed E-state index contributed by atoms with van der Waals surface area (Å²) in [7, 11) is 0. The number of hydrogen-bond acceptors (Lipinski definition) is 3. The maximum Gasteiger partial charge on any atom is 0.252 e. The van der Waals surface area contributed by atoms with Gasteiger partial charge < -0.3 is 13.9 Å². The average Bonchev–Trinajstić information content (AvgIpc) is 3.75. The second-order valence-electron chi connectivity index (χ2n) is 14.4. The number of thiophene rings is 1. The van der Waals surface area contributed by atoms with Gasteiger partial charge in [-0.3, -0.25) is 0 Å². The maximum absolute atomic E-state index is 7.21. The van der Waals surface area contributed by atoms with E-state index in [1.807, 2.05) is 29.5 Å². The van der Waals surface area contributed by atoms with Gasteiger partial charge in [0, 0.05) is 48.0 Å². The van der Waals surface area contributed by atoms with Crippen molar-refractivity contribution in [3.63, 3.8) is 0 Å². The predicted molar refractivity (Wildman–Crippen MR) is 212 cm³/mol. The van der Waals surface area contributed by atoms with Crippen LogP contribution in [0.5, 0.6) is 0 Å². The Labute approximate surface area is 297 Å². The molecule has 0 atom stereocenters. The Bertz CT molecular complexity index is 2930. The Morgan fingerprint density at radius 2 is 1.39 bits per heavy atom. The highest BCUT2D eigenvalue weighted by Gasteiger charge is 2.43. The highest BCUT2D eigenvalue weighted by atomic mass is 35.5. The number of aromatic nitrogens is 1. The Kier molecular flexibility index (Phi) is 5.47. The van der Waals surface area contributed by atoms with Gasteiger partial charge in [-0.2, -0.15) is 0 Å². The third kappa shape index (κ3) is 3.65. The van der Waals surface area contributed by atoms with Gasteiger partial charge in [-0.15, -0.1) is 11.3 Å². The minimum Gasteiger partial charge on any atom is -0.456 e. The molecule has 0 fully saturated rings. The van der Waals surface area contributed by atoms with Crippen LogP contribution in [-0.2, 0) is 5.41 Å². The molecule has 0 bridgehead atoms. The summed E-state index contributed by atoms with van der Waals surface area (Å²) in [5.74, 6) is 0. The zero-order valence-electron chi connectivity index (χ0n) is 26.9. The molecule has 3 nitrogen and oxygen atoms in total. The average molecular weight is 689 g/mol. The van der Waals surface area contributed by atoms with Crippen LogP contribution in [0.2, 0.25) is 10.0 Å². The summed E-state index contributed by atoms with van der Waals surface area (Å²) < 4.78 is 11.5. The van der Waals surface area contributed by atoms with E-state index in [0.717, 1.165) is 44.7 Å². The van der Waals surface area contributed by atoms with Crippen molar-refractivity contribution in [3.05, 3.63) is 125 Å².